The summed E-state index contributed by atoms with van der Waals surface area (Å²) in [6, 6.07) is 2.49. The molecule has 1 atom stereocenters. The quantitative estimate of drug-likeness (QED) is 0.378. The maximum atomic E-state index is 4.74. The van der Waals surface area contributed by atoms with Crippen molar-refractivity contribution in [1.82, 2.24) is 35.2 Å². The fourth-order valence-electron chi connectivity index (χ4n) is 2.83. The van der Waals surface area contributed by atoms with Crippen LogP contribution in [-0.4, -0.2) is 49.6 Å². The average Bonchev–Trinajstić information content (AvgIpc) is 3.23. The van der Waals surface area contributed by atoms with Gasteiger partial charge in [0.25, 0.3) is 0 Å². The Labute approximate surface area is 162 Å². The van der Waals surface area contributed by atoms with Crippen molar-refractivity contribution in [1.29, 1.82) is 0 Å². The van der Waals surface area contributed by atoms with Crippen LogP contribution in [0, 0.1) is 13.8 Å². The topological polar surface area (TPSA) is 85.0 Å². The molecule has 0 aliphatic carbocycles. The zero-order valence-corrected chi connectivity index (χ0v) is 17.4. The molecule has 0 saturated carbocycles. The molecule has 0 spiro atoms. The zero-order chi connectivity index (χ0) is 19.6. The minimum Gasteiger partial charge on any atom is -0.355 e. The Bertz CT molecular complexity index is 715. The summed E-state index contributed by atoms with van der Waals surface area (Å²) in [5.41, 5.74) is 2.27. The molecule has 2 aromatic heterocycles. The third-order valence-corrected chi connectivity index (χ3v) is 4.55. The minimum atomic E-state index is 0.383. The number of nitrogens with one attached hydrogen (secondary N) is 2. The van der Waals surface area contributed by atoms with E-state index in [0.717, 1.165) is 62.9 Å². The normalized spacial score (nSPS) is 13.0. The fraction of sp³-hybridized carbons (Fsp3) is 0.684. The molecule has 2 heterocycles. The Balaban J connectivity index is 1.84. The van der Waals surface area contributed by atoms with Crippen LogP contribution in [0.25, 0.3) is 0 Å². The van der Waals surface area contributed by atoms with Crippen molar-refractivity contribution in [3.63, 3.8) is 0 Å². The third-order valence-electron chi connectivity index (χ3n) is 4.55. The first-order valence-corrected chi connectivity index (χ1v) is 9.96. The van der Waals surface area contributed by atoms with Crippen molar-refractivity contribution < 1.29 is 0 Å². The van der Waals surface area contributed by atoms with Crippen LogP contribution < -0.4 is 10.6 Å². The molecule has 8 heteroatoms. The zero-order valence-electron chi connectivity index (χ0n) is 17.4. The van der Waals surface area contributed by atoms with Gasteiger partial charge in [0.1, 0.15) is 12.2 Å². The minimum absolute atomic E-state index is 0.383. The lowest BCUT2D eigenvalue weighted by Gasteiger charge is -2.17. The van der Waals surface area contributed by atoms with E-state index in [4.69, 9.17) is 4.99 Å². The summed E-state index contributed by atoms with van der Waals surface area (Å²) < 4.78 is 4.13. The Morgan fingerprint density at radius 2 is 2.07 bits per heavy atom. The first kappa shape index (κ1) is 20.9. The van der Waals surface area contributed by atoms with E-state index in [1.807, 2.05) is 6.92 Å². The molecule has 8 nitrogen and oxygen atoms in total. The van der Waals surface area contributed by atoms with Crippen molar-refractivity contribution in [3.8, 4) is 0 Å². The summed E-state index contributed by atoms with van der Waals surface area (Å²) in [5, 5.41) is 19.5. The fourth-order valence-corrected chi connectivity index (χ4v) is 2.83. The van der Waals surface area contributed by atoms with Gasteiger partial charge in [-0.15, -0.1) is 10.2 Å². The molecule has 150 valence electrons. The number of hydrogen-bond donors (Lipinski definition) is 2. The largest absolute Gasteiger partial charge is 0.355 e. The van der Waals surface area contributed by atoms with Gasteiger partial charge in [0, 0.05) is 44.3 Å². The number of rotatable bonds is 10. The van der Waals surface area contributed by atoms with Gasteiger partial charge in [0.15, 0.2) is 5.96 Å². The molecule has 0 bridgehead atoms. The van der Waals surface area contributed by atoms with Crippen LogP contribution in [0.1, 0.15) is 50.8 Å². The molecule has 2 rings (SSSR count). The predicted octanol–water partition coefficient (Wildman–Crippen LogP) is 2.08. The second kappa shape index (κ2) is 10.7. The van der Waals surface area contributed by atoms with Crippen LogP contribution in [-0.2, 0) is 19.5 Å². The maximum Gasteiger partial charge on any atom is 0.191 e. The molecular formula is C19H34N8. The lowest BCUT2D eigenvalue weighted by atomic mass is 10.3. The Morgan fingerprint density at radius 1 is 1.26 bits per heavy atom. The standard InChI is InChI=1S/C19H34N8/c1-6-15(3)23-19(21-10-12-26-14-22-24-18(26)7-2)20-9-8-11-27-17(5)13-16(4)25-27/h13-15H,6-12H2,1-5H3,(H2,20,21,23). The highest BCUT2D eigenvalue weighted by molar-refractivity contribution is 5.80. The number of hydrogen-bond acceptors (Lipinski definition) is 4. The Hall–Kier alpha value is -2.38. The average molecular weight is 375 g/mol. The lowest BCUT2D eigenvalue weighted by Crippen LogP contribution is -2.43. The first-order chi connectivity index (χ1) is 13.0. The molecule has 0 radical (unpaired) electrons. The molecule has 2 aromatic rings. The molecule has 0 amide bonds. The van der Waals surface area contributed by atoms with Gasteiger partial charge in [-0.2, -0.15) is 5.10 Å². The first-order valence-electron chi connectivity index (χ1n) is 9.96. The number of aryl methyl sites for hydroxylation is 4. The monoisotopic (exact) mass is 374 g/mol. The van der Waals surface area contributed by atoms with E-state index in [0.29, 0.717) is 6.04 Å². The van der Waals surface area contributed by atoms with E-state index >= 15 is 0 Å². The van der Waals surface area contributed by atoms with Crippen LogP contribution in [0.5, 0.6) is 0 Å². The molecule has 0 aliphatic heterocycles. The van der Waals surface area contributed by atoms with Crippen molar-refractivity contribution in [2.24, 2.45) is 4.99 Å². The summed E-state index contributed by atoms with van der Waals surface area (Å²) in [6.45, 7) is 13.8. The van der Waals surface area contributed by atoms with Gasteiger partial charge >= 0.3 is 0 Å². The SMILES string of the molecule is CCc1nncn1CCNC(=NCCCn1nc(C)cc1C)NC(C)CC. The number of aliphatic imine (C=N–C) groups is 1. The van der Waals surface area contributed by atoms with Gasteiger partial charge in [0.05, 0.1) is 5.69 Å². The summed E-state index contributed by atoms with van der Waals surface area (Å²) in [4.78, 5) is 4.74. The van der Waals surface area contributed by atoms with E-state index in [1.54, 1.807) is 6.33 Å². The summed E-state index contributed by atoms with van der Waals surface area (Å²) >= 11 is 0. The maximum absolute atomic E-state index is 4.74. The van der Waals surface area contributed by atoms with Gasteiger partial charge in [0.2, 0.25) is 0 Å². The van der Waals surface area contributed by atoms with Crippen LogP contribution in [0.4, 0.5) is 0 Å². The van der Waals surface area contributed by atoms with Gasteiger partial charge in [-0.05, 0) is 39.7 Å². The highest BCUT2D eigenvalue weighted by Crippen LogP contribution is 2.02. The van der Waals surface area contributed by atoms with Crippen LogP contribution in [0.3, 0.4) is 0 Å². The number of guanidine groups is 1. The summed E-state index contributed by atoms with van der Waals surface area (Å²) in [7, 11) is 0. The highest BCUT2D eigenvalue weighted by Gasteiger charge is 2.06. The van der Waals surface area contributed by atoms with Crippen molar-refractivity contribution in [2.75, 3.05) is 13.1 Å². The van der Waals surface area contributed by atoms with Crippen molar-refractivity contribution in [3.05, 3.63) is 29.6 Å². The van der Waals surface area contributed by atoms with E-state index in [1.165, 1.54) is 5.69 Å². The summed E-state index contributed by atoms with van der Waals surface area (Å²) in [6.07, 6.45) is 4.69. The van der Waals surface area contributed by atoms with Gasteiger partial charge in [-0.25, -0.2) is 0 Å². The van der Waals surface area contributed by atoms with Crippen LogP contribution in [0.15, 0.2) is 17.4 Å². The predicted molar refractivity (Wildman–Crippen MR) is 109 cm³/mol. The van der Waals surface area contributed by atoms with Crippen molar-refractivity contribution >= 4 is 5.96 Å². The van der Waals surface area contributed by atoms with E-state index < -0.39 is 0 Å². The highest BCUT2D eigenvalue weighted by atomic mass is 15.3. The molecule has 0 aromatic carbocycles. The Kier molecular flexibility index (Phi) is 8.29. The third kappa shape index (κ3) is 6.69. The van der Waals surface area contributed by atoms with Gasteiger partial charge in [-0.3, -0.25) is 9.67 Å². The van der Waals surface area contributed by atoms with Gasteiger partial charge < -0.3 is 15.2 Å². The number of aromatic nitrogens is 5. The van der Waals surface area contributed by atoms with Gasteiger partial charge in [-0.1, -0.05) is 13.8 Å². The second-order valence-corrected chi connectivity index (χ2v) is 6.91. The van der Waals surface area contributed by atoms with E-state index in [2.05, 4.69) is 68.9 Å². The molecule has 27 heavy (non-hydrogen) atoms. The van der Waals surface area contributed by atoms with Crippen LogP contribution >= 0.6 is 0 Å². The molecular weight excluding hydrogens is 340 g/mol. The molecule has 1 unspecified atom stereocenters. The van der Waals surface area contributed by atoms with Crippen LogP contribution in [0.2, 0.25) is 0 Å². The molecule has 0 fully saturated rings. The smallest absolute Gasteiger partial charge is 0.191 e. The summed E-state index contributed by atoms with van der Waals surface area (Å²) in [5.74, 6) is 1.87. The molecule has 0 saturated heterocycles. The van der Waals surface area contributed by atoms with E-state index in [9.17, 15) is 0 Å². The Morgan fingerprint density at radius 3 is 2.74 bits per heavy atom. The van der Waals surface area contributed by atoms with Crippen molar-refractivity contribution in [2.45, 2.75) is 73.0 Å². The lowest BCUT2D eigenvalue weighted by molar-refractivity contribution is 0.562. The van der Waals surface area contributed by atoms with E-state index in [-0.39, 0.29) is 0 Å². The molecule has 0 aliphatic rings. The molecule has 2 N–H and O–H groups in total. The number of nitrogens with zero attached hydrogens (tertiary/aromatic N) is 6. The second-order valence-electron chi connectivity index (χ2n) is 6.91.